The Hall–Kier alpha value is -0.830. The molecule has 1 atom stereocenters. The second-order valence-electron chi connectivity index (χ2n) is 6.99. The molecular weight excluding hydrogens is 258 g/mol. The van der Waals surface area contributed by atoms with Gasteiger partial charge in [0.1, 0.15) is 0 Å². The zero-order valence-electron chi connectivity index (χ0n) is 14.6. The number of aromatic nitrogens is 2. The third-order valence-electron chi connectivity index (χ3n) is 5.31. The van der Waals surface area contributed by atoms with Gasteiger partial charge in [-0.05, 0) is 52.5 Å². The molecule has 1 unspecified atom stereocenters. The predicted octanol–water partition coefficient (Wildman–Crippen LogP) is 4.39. The van der Waals surface area contributed by atoms with Crippen LogP contribution in [0.15, 0.2) is 0 Å². The first-order valence-corrected chi connectivity index (χ1v) is 8.80. The number of nitrogens with zero attached hydrogens (tertiary/aromatic N) is 2. The Labute approximate surface area is 130 Å². The van der Waals surface area contributed by atoms with Crippen LogP contribution in [0.4, 0.5) is 0 Å². The third kappa shape index (κ3) is 4.09. The van der Waals surface area contributed by atoms with Crippen molar-refractivity contribution in [3.63, 3.8) is 0 Å². The molecule has 0 aromatic carbocycles. The van der Waals surface area contributed by atoms with Crippen LogP contribution in [0, 0.1) is 25.7 Å². The number of hydrogen-bond acceptors (Lipinski definition) is 2. The molecule has 0 saturated heterocycles. The number of nitrogens with one attached hydrogen (secondary N) is 1. The van der Waals surface area contributed by atoms with Crippen molar-refractivity contribution in [1.82, 2.24) is 15.1 Å². The van der Waals surface area contributed by atoms with Crippen molar-refractivity contribution in [2.75, 3.05) is 6.54 Å². The van der Waals surface area contributed by atoms with E-state index in [1.54, 1.807) is 0 Å². The monoisotopic (exact) mass is 291 g/mol. The van der Waals surface area contributed by atoms with Crippen LogP contribution in [0.1, 0.15) is 75.9 Å². The summed E-state index contributed by atoms with van der Waals surface area (Å²) in [4.78, 5) is 0. The van der Waals surface area contributed by atoms with E-state index in [0.29, 0.717) is 6.04 Å². The summed E-state index contributed by atoms with van der Waals surface area (Å²) >= 11 is 0. The molecule has 120 valence electrons. The molecule has 1 aliphatic carbocycles. The van der Waals surface area contributed by atoms with Crippen LogP contribution in [0.3, 0.4) is 0 Å². The van der Waals surface area contributed by atoms with Crippen molar-refractivity contribution in [3.8, 4) is 0 Å². The van der Waals surface area contributed by atoms with Crippen molar-refractivity contribution in [2.45, 2.75) is 79.3 Å². The van der Waals surface area contributed by atoms with Crippen molar-refractivity contribution >= 4 is 0 Å². The molecule has 0 radical (unpaired) electrons. The highest BCUT2D eigenvalue weighted by Gasteiger charge is 2.19. The molecule has 3 nitrogen and oxygen atoms in total. The highest BCUT2D eigenvalue weighted by Crippen LogP contribution is 2.30. The van der Waals surface area contributed by atoms with Gasteiger partial charge in [-0.15, -0.1) is 0 Å². The molecule has 21 heavy (non-hydrogen) atoms. The summed E-state index contributed by atoms with van der Waals surface area (Å²) in [5.41, 5.74) is 3.90. The van der Waals surface area contributed by atoms with Gasteiger partial charge in [0.15, 0.2) is 0 Å². The van der Waals surface area contributed by atoms with Gasteiger partial charge in [0.25, 0.3) is 0 Å². The van der Waals surface area contributed by atoms with E-state index < -0.39 is 0 Å². The average Bonchev–Trinajstić information content (AvgIpc) is 2.75. The Morgan fingerprint density at radius 1 is 1.24 bits per heavy atom. The number of rotatable bonds is 6. The zero-order valence-corrected chi connectivity index (χ0v) is 14.6. The summed E-state index contributed by atoms with van der Waals surface area (Å²) in [6.07, 6.45) is 7.06. The smallest absolute Gasteiger partial charge is 0.0644 e. The molecule has 0 aliphatic heterocycles. The van der Waals surface area contributed by atoms with Gasteiger partial charge >= 0.3 is 0 Å². The first-order chi connectivity index (χ1) is 10.0. The van der Waals surface area contributed by atoms with E-state index in [1.807, 2.05) is 0 Å². The highest BCUT2D eigenvalue weighted by atomic mass is 15.3. The summed E-state index contributed by atoms with van der Waals surface area (Å²) in [5, 5.41) is 8.36. The molecular formula is C18H33N3. The van der Waals surface area contributed by atoms with E-state index in [-0.39, 0.29) is 0 Å². The lowest BCUT2D eigenvalue weighted by Crippen LogP contribution is -2.24. The van der Waals surface area contributed by atoms with Gasteiger partial charge in [-0.1, -0.05) is 32.6 Å². The fraction of sp³-hybridized carbons (Fsp3) is 0.833. The second-order valence-corrected chi connectivity index (χ2v) is 6.99. The second kappa shape index (κ2) is 7.44. The van der Waals surface area contributed by atoms with E-state index >= 15 is 0 Å². The van der Waals surface area contributed by atoms with E-state index in [2.05, 4.69) is 49.7 Å². The van der Waals surface area contributed by atoms with Crippen LogP contribution in [-0.2, 0) is 6.54 Å². The minimum Gasteiger partial charge on any atom is -0.310 e. The summed E-state index contributed by atoms with van der Waals surface area (Å²) in [6, 6.07) is 0.410. The van der Waals surface area contributed by atoms with Crippen molar-refractivity contribution in [2.24, 2.45) is 11.8 Å². The van der Waals surface area contributed by atoms with Gasteiger partial charge in [-0.2, -0.15) is 5.10 Å². The molecule has 2 rings (SSSR count). The molecule has 3 heteroatoms. The standard InChI is InChI=1S/C18H33N3/c1-6-21-16(5)18(15(4)20-21)14(3)19-12-11-17-9-7-13(2)8-10-17/h13-14,17,19H,6-12H2,1-5H3. The van der Waals surface area contributed by atoms with Gasteiger partial charge < -0.3 is 5.32 Å². The van der Waals surface area contributed by atoms with Crippen molar-refractivity contribution < 1.29 is 0 Å². The first kappa shape index (κ1) is 16.5. The Bertz CT molecular complexity index is 442. The molecule has 0 bridgehead atoms. The van der Waals surface area contributed by atoms with Gasteiger partial charge in [0.05, 0.1) is 5.69 Å². The Morgan fingerprint density at radius 3 is 2.48 bits per heavy atom. The molecule has 0 amide bonds. The molecule has 1 heterocycles. The van der Waals surface area contributed by atoms with Crippen LogP contribution in [0.2, 0.25) is 0 Å². The molecule has 1 aliphatic rings. The van der Waals surface area contributed by atoms with E-state index in [9.17, 15) is 0 Å². The molecule has 1 saturated carbocycles. The Morgan fingerprint density at radius 2 is 1.90 bits per heavy atom. The predicted molar refractivity (Wildman–Crippen MR) is 89.5 cm³/mol. The largest absolute Gasteiger partial charge is 0.310 e. The lowest BCUT2D eigenvalue weighted by molar-refractivity contribution is 0.273. The number of aryl methyl sites for hydroxylation is 2. The first-order valence-electron chi connectivity index (χ1n) is 8.80. The molecule has 1 aromatic rings. The maximum absolute atomic E-state index is 4.63. The average molecular weight is 291 g/mol. The van der Waals surface area contributed by atoms with Crippen LogP contribution >= 0.6 is 0 Å². The van der Waals surface area contributed by atoms with Gasteiger partial charge in [-0.25, -0.2) is 0 Å². The van der Waals surface area contributed by atoms with Crippen molar-refractivity contribution in [1.29, 1.82) is 0 Å². The zero-order chi connectivity index (χ0) is 15.4. The summed E-state index contributed by atoms with van der Waals surface area (Å²) in [5.74, 6) is 1.90. The topological polar surface area (TPSA) is 29.9 Å². The highest BCUT2D eigenvalue weighted by molar-refractivity contribution is 5.27. The van der Waals surface area contributed by atoms with E-state index in [4.69, 9.17) is 0 Å². The normalized spacial score (nSPS) is 24.2. The molecule has 1 fully saturated rings. The minimum absolute atomic E-state index is 0.410. The molecule has 1 aromatic heterocycles. The summed E-state index contributed by atoms with van der Waals surface area (Å²) in [7, 11) is 0. The fourth-order valence-corrected chi connectivity index (χ4v) is 3.87. The van der Waals surface area contributed by atoms with E-state index in [0.717, 1.165) is 24.9 Å². The third-order valence-corrected chi connectivity index (χ3v) is 5.31. The van der Waals surface area contributed by atoms with Gasteiger partial charge in [-0.3, -0.25) is 4.68 Å². The molecule has 0 spiro atoms. The SMILES string of the molecule is CCn1nc(C)c(C(C)NCCC2CCC(C)CC2)c1C. The quantitative estimate of drug-likeness (QED) is 0.842. The van der Waals surface area contributed by atoms with Crippen molar-refractivity contribution in [3.05, 3.63) is 17.0 Å². The Balaban J connectivity index is 1.82. The molecule has 1 N–H and O–H groups in total. The van der Waals surface area contributed by atoms with Gasteiger partial charge in [0, 0.05) is 23.8 Å². The Kier molecular flexibility index (Phi) is 5.86. The van der Waals surface area contributed by atoms with Crippen LogP contribution in [0.25, 0.3) is 0 Å². The lowest BCUT2D eigenvalue weighted by atomic mass is 9.81. The summed E-state index contributed by atoms with van der Waals surface area (Å²) in [6.45, 7) is 13.3. The van der Waals surface area contributed by atoms with Crippen LogP contribution in [-0.4, -0.2) is 16.3 Å². The van der Waals surface area contributed by atoms with Gasteiger partial charge in [0.2, 0.25) is 0 Å². The lowest BCUT2D eigenvalue weighted by Gasteiger charge is -2.26. The summed E-state index contributed by atoms with van der Waals surface area (Å²) < 4.78 is 2.12. The maximum atomic E-state index is 4.63. The minimum atomic E-state index is 0.410. The fourth-order valence-electron chi connectivity index (χ4n) is 3.87. The number of hydrogen-bond donors (Lipinski definition) is 1. The maximum Gasteiger partial charge on any atom is 0.0644 e. The van der Waals surface area contributed by atoms with Crippen LogP contribution in [0.5, 0.6) is 0 Å². The van der Waals surface area contributed by atoms with E-state index in [1.165, 1.54) is 49.1 Å². The van der Waals surface area contributed by atoms with Crippen LogP contribution < -0.4 is 5.32 Å².